The molecule has 0 amide bonds. The largest absolute Gasteiger partial charge is 0.481 e. The van der Waals surface area contributed by atoms with Crippen molar-refractivity contribution in [1.82, 2.24) is 4.72 Å². The second kappa shape index (κ2) is 5.40. The maximum absolute atomic E-state index is 11.1. The van der Waals surface area contributed by atoms with Gasteiger partial charge >= 0.3 is 5.97 Å². The predicted molar refractivity (Wildman–Crippen MR) is 51.8 cm³/mol. The first-order valence-corrected chi connectivity index (χ1v) is 5.86. The van der Waals surface area contributed by atoms with Crippen LogP contribution in [0, 0.1) is 0 Å². The first-order valence-electron chi connectivity index (χ1n) is 4.21. The standard InChI is InChI=1S/C7H15NO6S/c1-7(12,5-9)4-8-15(13,14)3-2-6(10)11/h8-9,12H,2-5H2,1H3,(H,10,11). The molecule has 0 aromatic carbocycles. The van der Waals surface area contributed by atoms with Gasteiger partial charge < -0.3 is 15.3 Å². The second-order valence-corrected chi connectivity index (χ2v) is 5.37. The fraction of sp³-hybridized carbons (Fsp3) is 0.857. The van der Waals surface area contributed by atoms with Crippen molar-refractivity contribution in [3.63, 3.8) is 0 Å². The minimum absolute atomic E-state index is 0.356. The molecule has 4 N–H and O–H groups in total. The van der Waals surface area contributed by atoms with Crippen molar-refractivity contribution >= 4 is 16.0 Å². The molecule has 0 aliphatic heterocycles. The van der Waals surface area contributed by atoms with E-state index in [-0.39, 0.29) is 6.54 Å². The molecule has 0 bridgehead atoms. The molecule has 15 heavy (non-hydrogen) atoms. The number of aliphatic hydroxyl groups is 2. The number of carboxylic acids is 1. The SMILES string of the molecule is CC(O)(CO)CNS(=O)(=O)CCC(=O)O. The van der Waals surface area contributed by atoms with Crippen LogP contribution in [0.5, 0.6) is 0 Å². The molecule has 0 heterocycles. The van der Waals surface area contributed by atoms with Gasteiger partial charge in [0.15, 0.2) is 0 Å². The van der Waals surface area contributed by atoms with Gasteiger partial charge in [0.05, 0.1) is 24.4 Å². The Morgan fingerprint density at radius 1 is 1.47 bits per heavy atom. The van der Waals surface area contributed by atoms with Gasteiger partial charge in [0, 0.05) is 6.54 Å². The van der Waals surface area contributed by atoms with E-state index in [0.717, 1.165) is 0 Å². The van der Waals surface area contributed by atoms with Crippen LogP contribution in [0.15, 0.2) is 0 Å². The Labute approximate surface area is 87.8 Å². The zero-order valence-electron chi connectivity index (χ0n) is 8.30. The van der Waals surface area contributed by atoms with E-state index >= 15 is 0 Å². The highest BCUT2D eigenvalue weighted by molar-refractivity contribution is 7.89. The summed E-state index contributed by atoms with van der Waals surface area (Å²) in [6.07, 6.45) is -0.503. The average molecular weight is 241 g/mol. The number of hydrogen-bond acceptors (Lipinski definition) is 5. The summed E-state index contributed by atoms with van der Waals surface area (Å²) in [6, 6.07) is 0. The lowest BCUT2D eigenvalue weighted by Gasteiger charge is -2.20. The van der Waals surface area contributed by atoms with E-state index in [4.69, 9.17) is 10.2 Å². The van der Waals surface area contributed by atoms with Crippen molar-refractivity contribution in [2.24, 2.45) is 0 Å². The van der Waals surface area contributed by atoms with Crippen LogP contribution in [0.3, 0.4) is 0 Å². The van der Waals surface area contributed by atoms with Gasteiger partial charge in [-0.05, 0) is 6.92 Å². The van der Waals surface area contributed by atoms with E-state index in [2.05, 4.69) is 0 Å². The monoisotopic (exact) mass is 241 g/mol. The molecule has 90 valence electrons. The number of hydrogen-bond donors (Lipinski definition) is 4. The number of carboxylic acid groups (broad SMARTS) is 1. The third-order valence-electron chi connectivity index (χ3n) is 1.60. The highest BCUT2D eigenvalue weighted by Gasteiger charge is 2.22. The van der Waals surface area contributed by atoms with Crippen LogP contribution < -0.4 is 4.72 Å². The normalized spacial score (nSPS) is 15.9. The number of sulfonamides is 1. The molecule has 0 aliphatic rings. The average Bonchev–Trinajstić information content (AvgIpc) is 2.13. The van der Waals surface area contributed by atoms with Crippen molar-refractivity contribution in [3.8, 4) is 0 Å². The number of rotatable bonds is 7. The van der Waals surface area contributed by atoms with Gasteiger partial charge in [-0.25, -0.2) is 13.1 Å². The van der Waals surface area contributed by atoms with Crippen molar-refractivity contribution in [3.05, 3.63) is 0 Å². The third-order valence-corrected chi connectivity index (χ3v) is 2.92. The van der Waals surface area contributed by atoms with Crippen LogP contribution in [0.25, 0.3) is 0 Å². The summed E-state index contributed by atoms with van der Waals surface area (Å²) >= 11 is 0. The summed E-state index contributed by atoms with van der Waals surface area (Å²) < 4.78 is 24.3. The summed E-state index contributed by atoms with van der Waals surface area (Å²) in [5, 5.41) is 26.2. The van der Waals surface area contributed by atoms with E-state index in [1.807, 2.05) is 4.72 Å². The lowest BCUT2D eigenvalue weighted by atomic mass is 10.1. The highest BCUT2D eigenvalue weighted by atomic mass is 32.2. The fourth-order valence-corrected chi connectivity index (χ4v) is 1.73. The van der Waals surface area contributed by atoms with Crippen LogP contribution >= 0.6 is 0 Å². The molecule has 0 aromatic rings. The minimum Gasteiger partial charge on any atom is -0.481 e. The fourth-order valence-electron chi connectivity index (χ4n) is 0.615. The molecular formula is C7H15NO6S. The number of aliphatic hydroxyl groups excluding tert-OH is 1. The molecule has 7 nitrogen and oxygen atoms in total. The molecule has 0 aliphatic carbocycles. The molecule has 0 aromatic heterocycles. The summed E-state index contributed by atoms with van der Waals surface area (Å²) in [5.74, 6) is -1.77. The van der Waals surface area contributed by atoms with Gasteiger partial charge in [-0.2, -0.15) is 0 Å². The van der Waals surface area contributed by atoms with Gasteiger partial charge in [0.1, 0.15) is 0 Å². The van der Waals surface area contributed by atoms with E-state index < -0.39 is 40.4 Å². The molecule has 0 fully saturated rings. The van der Waals surface area contributed by atoms with Crippen molar-refractivity contribution in [2.45, 2.75) is 18.9 Å². The van der Waals surface area contributed by atoms with Crippen molar-refractivity contribution in [1.29, 1.82) is 0 Å². The van der Waals surface area contributed by atoms with E-state index in [0.29, 0.717) is 0 Å². The molecular weight excluding hydrogens is 226 g/mol. The maximum Gasteiger partial charge on any atom is 0.304 e. The number of aliphatic carboxylic acids is 1. The highest BCUT2D eigenvalue weighted by Crippen LogP contribution is 2.00. The smallest absolute Gasteiger partial charge is 0.304 e. The minimum atomic E-state index is -3.72. The maximum atomic E-state index is 11.1. The lowest BCUT2D eigenvalue weighted by molar-refractivity contribution is -0.136. The molecule has 1 atom stereocenters. The van der Waals surface area contributed by atoms with Crippen LogP contribution in [-0.2, 0) is 14.8 Å². The summed E-state index contributed by atoms with van der Waals surface area (Å²) in [6.45, 7) is 0.312. The van der Waals surface area contributed by atoms with Crippen LogP contribution in [-0.4, -0.2) is 54.2 Å². The predicted octanol–water partition coefficient (Wildman–Crippen LogP) is -1.88. The number of carbonyl (C=O) groups is 1. The Kier molecular flexibility index (Phi) is 5.15. The molecule has 0 spiro atoms. The Morgan fingerprint density at radius 2 is 2.00 bits per heavy atom. The van der Waals surface area contributed by atoms with Gasteiger partial charge in [-0.15, -0.1) is 0 Å². The zero-order valence-corrected chi connectivity index (χ0v) is 9.12. The van der Waals surface area contributed by atoms with E-state index in [1.165, 1.54) is 6.92 Å². The van der Waals surface area contributed by atoms with Crippen LogP contribution in [0.4, 0.5) is 0 Å². The third kappa shape index (κ3) is 7.25. The van der Waals surface area contributed by atoms with E-state index in [9.17, 15) is 18.3 Å². The first-order chi connectivity index (χ1) is 6.68. The van der Waals surface area contributed by atoms with Gasteiger partial charge in [-0.1, -0.05) is 0 Å². The summed E-state index contributed by atoms with van der Waals surface area (Å²) in [7, 11) is -3.72. The Hall–Kier alpha value is -0.700. The van der Waals surface area contributed by atoms with Crippen molar-refractivity contribution in [2.75, 3.05) is 18.9 Å². The summed E-state index contributed by atoms with van der Waals surface area (Å²) in [5.41, 5.74) is -1.55. The summed E-state index contributed by atoms with van der Waals surface area (Å²) in [4.78, 5) is 10.1. The lowest BCUT2D eigenvalue weighted by Crippen LogP contribution is -2.44. The Balaban J connectivity index is 4.11. The van der Waals surface area contributed by atoms with Gasteiger partial charge in [0.2, 0.25) is 10.0 Å². The quantitative estimate of drug-likeness (QED) is 0.413. The van der Waals surface area contributed by atoms with Crippen molar-refractivity contribution < 1.29 is 28.5 Å². The van der Waals surface area contributed by atoms with Crippen LogP contribution in [0.1, 0.15) is 13.3 Å². The zero-order chi connectivity index (χ0) is 12.1. The molecule has 0 rings (SSSR count). The molecule has 0 saturated heterocycles. The number of nitrogens with one attached hydrogen (secondary N) is 1. The molecule has 0 saturated carbocycles. The Morgan fingerprint density at radius 3 is 2.40 bits per heavy atom. The molecule has 1 unspecified atom stereocenters. The molecule has 0 radical (unpaired) electrons. The second-order valence-electron chi connectivity index (χ2n) is 3.44. The van der Waals surface area contributed by atoms with Crippen LogP contribution in [0.2, 0.25) is 0 Å². The van der Waals surface area contributed by atoms with E-state index in [1.54, 1.807) is 0 Å². The van der Waals surface area contributed by atoms with Gasteiger partial charge in [-0.3, -0.25) is 4.79 Å². The molecule has 8 heteroatoms. The first kappa shape index (κ1) is 14.3. The topological polar surface area (TPSA) is 124 Å². The Bertz CT molecular complexity index is 309. The van der Waals surface area contributed by atoms with Gasteiger partial charge in [0.25, 0.3) is 0 Å².